The summed E-state index contributed by atoms with van der Waals surface area (Å²) in [6.45, 7) is 6.06. The van der Waals surface area contributed by atoms with Crippen molar-refractivity contribution in [2.75, 3.05) is 14.1 Å². The zero-order valence-electron chi connectivity index (χ0n) is 13.4. The van der Waals surface area contributed by atoms with Gasteiger partial charge in [-0.15, -0.1) is 0 Å². The van der Waals surface area contributed by atoms with Crippen LogP contribution in [0.1, 0.15) is 31.0 Å². The maximum atomic E-state index is 12.1. The first-order chi connectivity index (χ1) is 9.95. The van der Waals surface area contributed by atoms with Gasteiger partial charge >= 0.3 is 0 Å². The summed E-state index contributed by atoms with van der Waals surface area (Å²) in [5, 5.41) is 4.66. The van der Waals surface area contributed by atoms with E-state index in [0.717, 1.165) is 23.2 Å². The molecule has 1 unspecified atom stereocenters. The van der Waals surface area contributed by atoms with Crippen molar-refractivity contribution in [2.24, 2.45) is 0 Å². The number of likely N-dealkylation sites (N-methyl/N-ethyl adjacent to an activating group) is 1. The highest BCUT2D eigenvalue weighted by molar-refractivity contribution is 5.79. The Balaban J connectivity index is 2.42. The Kier molecular flexibility index (Phi) is 4.46. The fourth-order valence-corrected chi connectivity index (χ4v) is 2.49. The predicted molar refractivity (Wildman–Crippen MR) is 85.2 cm³/mol. The molecule has 0 aliphatic heterocycles. The number of hydrogen-bond donors (Lipinski definition) is 0. The second-order valence-corrected chi connectivity index (χ2v) is 5.56. The molecule has 2 rings (SSSR count). The van der Waals surface area contributed by atoms with Crippen LogP contribution in [0.4, 0.5) is 0 Å². The molecule has 0 saturated carbocycles. The molecule has 1 atom stereocenters. The Morgan fingerprint density at radius 1 is 1.33 bits per heavy atom. The maximum Gasteiger partial charge on any atom is 0.246 e. The van der Waals surface area contributed by atoms with E-state index in [2.05, 4.69) is 24.2 Å². The quantitative estimate of drug-likeness (QED) is 0.866. The van der Waals surface area contributed by atoms with Crippen LogP contribution in [-0.2, 0) is 11.2 Å². The highest BCUT2D eigenvalue weighted by Crippen LogP contribution is 2.26. The van der Waals surface area contributed by atoms with Crippen LogP contribution in [0.25, 0.3) is 11.3 Å². The Bertz CT molecular complexity index is 643. The Labute approximate surface area is 126 Å². The summed E-state index contributed by atoms with van der Waals surface area (Å²) in [6.07, 6.45) is 2.92. The van der Waals surface area contributed by atoms with Crippen LogP contribution in [0.2, 0.25) is 0 Å². The molecule has 0 radical (unpaired) electrons. The molecule has 0 fully saturated rings. The van der Waals surface area contributed by atoms with Gasteiger partial charge in [-0.3, -0.25) is 9.48 Å². The first-order valence-electron chi connectivity index (χ1n) is 7.30. The number of aryl methyl sites for hydroxylation is 2. The third kappa shape index (κ3) is 2.99. The molecule has 0 N–H and O–H groups in total. The van der Waals surface area contributed by atoms with Crippen molar-refractivity contribution in [1.29, 1.82) is 0 Å². The molecule has 0 saturated heterocycles. The zero-order chi connectivity index (χ0) is 15.6. The van der Waals surface area contributed by atoms with Gasteiger partial charge in [-0.2, -0.15) is 5.10 Å². The van der Waals surface area contributed by atoms with Crippen molar-refractivity contribution in [3.8, 4) is 11.3 Å². The van der Waals surface area contributed by atoms with Gasteiger partial charge in [0.05, 0.1) is 5.69 Å². The third-order valence-electron chi connectivity index (χ3n) is 3.76. The molecule has 112 valence electrons. The molecule has 21 heavy (non-hydrogen) atoms. The molecule has 1 aromatic carbocycles. The minimum atomic E-state index is -0.291. The molecule has 4 heteroatoms. The smallest absolute Gasteiger partial charge is 0.246 e. The minimum absolute atomic E-state index is 0.0489. The first-order valence-corrected chi connectivity index (χ1v) is 7.30. The van der Waals surface area contributed by atoms with Crippen LogP contribution in [0.3, 0.4) is 0 Å². The van der Waals surface area contributed by atoms with Gasteiger partial charge in [0.15, 0.2) is 0 Å². The van der Waals surface area contributed by atoms with Crippen LogP contribution in [-0.4, -0.2) is 34.7 Å². The molecule has 2 aromatic rings. The van der Waals surface area contributed by atoms with Gasteiger partial charge in [0.2, 0.25) is 5.91 Å². The summed E-state index contributed by atoms with van der Waals surface area (Å²) in [5.74, 6) is 0.0489. The zero-order valence-corrected chi connectivity index (χ0v) is 13.4. The van der Waals surface area contributed by atoms with Crippen LogP contribution >= 0.6 is 0 Å². The van der Waals surface area contributed by atoms with Crippen LogP contribution in [0.5, 0.6) is 0 Å². The second-order valence-electron chi connectivity index (χ2n) is 5.56. The average Bonchev–Trinajstić information content (AvgIpc) is 2.87. The highest BCUT2D eigenvalue weighted by atomic mass is 16.2. The summed E-state index contributed by atoms with van der Waals surface area (Å²) in [6, 6.07) is 8.01. The number of rotatable bonds is 4. The minimum Gasteiger partial charge on any atom is -0.347 e. The summed E-state index contributed by atoms with van der Waals surface area (Å²) >= 11 is 0. The fourth-order valence-electron chi connectivity index (χ4n) is 2.49. The van der Waals surface area contributed by atoms with Gasteiger partial charge in [-0.25, -0.2) is 0 Å². The van der Waals surface area contributed by atoms with E-state index in [1.807, 2.05) is 32.2 Å². The van der Waals surface area contributed by atoms with Gasteiger partial charge in [0.1, 0.15) is 6.04 Å². The van der Waals surface area contributed by atoms with Crippen molar-refractivity contribution in [3.63, 3.8) is 0 Å². The largest absolute Gasteiger partial charge is 0.347 e. The number of carbonyl (C=O) groups excluding carboxylic acids is 1. The van der Waals surface area contributed by atoms with Gasteiger partial charge in [0.25, 0.3) is 0 Å². The van der Waals surface area contributed by atoms with Crippen LogP contribution in [0.15, 0.2) is 30.5 Å². The fraction of sp³-hybridized carbons (Fsp3) is 0.412. The summed E-state index contributed by atoms with van der Waals surface area (Å²) in [7, 11) is 3.53. The standard InChI is InChI=1S/C17H23N3O/c1-6-14-9-7-8-10-15(14)16-12(2)11-20(18-16)13(3)17(21)19(4)5/h7-11,13H,6H2,1-5H3. The van der Waals surface area contributed by atoms with E-state index in [9.17, 15) is 4.79 Å². The Hall–Kier alpha value is -2.10. The summed E-state index contributed by atoms with van der Waals surface area (Å²) in [5.41, 5.74) is 4.48. The number of carbonyl (C=O) groups is 1. The molecular weight excluding hydrogens is 262 g/mol. The van der Waals surface area contributed by atoms with E-state index in [1.54, 1.807) is 23.7 Å². The van der Waals surface area contributed by atoms with E-state index < -0.39 is 0 Å². The van der Waals surface area contributed by atoms with Gasteiger partial charge in [-0.05, 0) is 31.4 Å². The van der Waals surface area contributed by atoms with Gasteiger partial charge < -0.3 is 4.90 Å². The lowest BCUT2D eigenvalue weighted by atomic mass is 10.0. The lowest BCUT2D eigenvalue weighted by Gasteiger charge is -2.17. The molecule has 1 heterocycles. The number of hydrogen-bond acceptors (Lipinski definition) is 2. The van der Waals surface area contributed by atoms with Crippen molar-refractivity contribution >= 4 is 5.91 Å². The molecular formula is C17H23N3O. The van der Waals surface area contributed by atoms with E-state index in [0.29, 0.717) is 0 Å². The van der Waals surface area contributed by atoms with E-state index in [4.69, 9.17) is 0 Å². The van der Waals surface area contributed by atoms with E-state index in [1.165, 1.54) is 5.56 Å². The predicted octanol–water partition coefficient (Wildman–Crippen LogP) is 3.07. The molecule has 0 aliphatic rings. The summed E-state index contributed by atoms with van der Waals surface area (Å²) in [4.78, 5) is 13.7. The monoisotopic (exact) mass is 285 g/mol. The number of benzene rings is 1. The second kappa shape index (κ2) is 6.12. The van der Waals surface area contributed by atoms with Crippen molar-refractivity contribution in [2.45, 2.75) is 33.2 Å². The molecule has 1 amide bonds. The first kappa shape index (κ1) is 15.3. The normalized spacial score (nSPS) is 12.2. The number of nitrogens with zero attached hydrogens (tertiary/aromatic N) is 3. The summed E-state index contributed by atoms with van der Waals surface area (Å²) < 4.78 is 1.76. The maximum absolute atomic E-state index is 12.1. The van der Waals surface area contributed by atoms with Crippen LogP contribution in [0, 0.1) is 6.92 Å². The number of aromatic nitrogens is 2. The Morgan fingerprint density at radius 2 is 2.00 bits per heavy atom. The average molecular weight is 285 g/mol. The van der Waals surface area contributed by atoms with Crippen molar-refractivity contribution in [1.82, 2.24) is 14.7 Å². The molecule has 0 bridgehead atoms. The molecule has 0 spiro atoms. The molecule has 1 aromatic heterocycles. The SMILES string of the molecule is CCc1ccccc1-c1nn(C(C)C(=O)N(C)C)cc1C. The lowest BCUT2D eigenvalue weighted by molar-refractivity contribution is -0.131. The van der Waals surface area contributed by atoms with Crippen molar-refractivity contribution in [3.05, 3.63) is 41.6 Å². The third-order valence-corrected chi connectivity index (χ3v) is 3.76. The molecule has 0 aliphatic carbocycles. The Morgan fingerprint density at radius 3 is 2.62 bits per heavy atom. The topological polar surface area (TPSA) is 38.1 Å². The highest BCUT2D eigenvalue weighted by Gasteiger charge is 2.20. The van der Waals surface area contributed by atoms with Gasteiger partial charge in [0, 0.05) is 25.9 Å². The molecule has 4 nitrogen and oxygen atoms in total. The van der Waals surface area contributed by atoms with Gasteiger partial charge in [-0.1, -0.05) is 31.2 Å². The van der Waals surface area contributed by atoms with E-state index in [-0.39, 0.29) is 11.9 Å². The number of amides is 1. The van der Waals surface area contributed by atoms with Crippen molar-refractivity contribution < 1.29 is 4.79 Å². The lowest BCUT2D eigenvalue weighted by Crippen LogP contribution is -2.30. The van der Waals surface area contributed by atoms with Crippen LogP contribution < -0.4 is 0 Å². The van der Waals surface area contributed by atoms with E-state index >= 15 is 0 Å².